The molecule has 3 fully saturated rings. The number of thioether (sulfide) groups is 1. The van der Waals surface area contributed by atoms with Crippen molar-refractivity contribution in [2.45, 2.75) is 57.0 Å². The van der Waals surface area contributed by atoms with Crippen LogP contribution in [0.5, 0.6) is 0 Å². The summed E-state index contributed by atoms with van der Waals surface area (Å²) in [5, 5.41) is 4.92. The smallest absolute Gasteiger partial charge is 0.157 e. The van der Waals surface area contributed by atoms with Gasteiger partial charge in [-0.25, -0.2) is 0 Å². The van der Waals surface area contributed by atoms with E-state index in [1.807, 2.05) is 11.8 Å². The summed E-state index contributed by atoms with van der Waals surface area (Å²) in [7, 11) is 0. The molecular weight excluding hydrogens is 244 g/mol. The lowest BCUT2D eigenvalue weighted by molar-refractivity contribution is 0.182. The van der Waals surface area contributed by atoms with E-state index in [2.05, 4.69) is 12.2 Å². The van der Waals surface area contributed by atoms with Gasteiger partial charge in [0.05, 0.1) is 12.6 Å². The predicted octanol–water partition coefficient (Wildman–Crippen LogP) is 2.81. The van der Waals surface area contributed by atoms with Crippen molar-refractivity contribution < 1.29 is 4.74 Å². The summed E-state index contributed by atoms with van der Waals surface area (Å²) in [5.41, 5.74) is 0.383. The van der Waals surface area contributed by atoms with Crippen LogP contribution < -0.4 is 5.32 Å². The SMILES string of the molecule is CC(N=C1NC2(CCCCC2)CS1)C1CCOC1. The normalized spacial score (nSPS) is 34.9. The fourth-order valence-electron chi connectivity index (χ4n) is 3.30. The van der Waals surface area contributed by atoms with Gasteiger partial charge < -0.3 is 10.1 Å². The van der Waals surface area contributed by atoms with Gasteiger partial charge in [0.25, 0.3) is 0 Å². The van der Waals surface area contributed by atoms with Crippen molar-refractivity contribution in [1.82, 2.24) is 5.32 Å². The molecule has 2 aliphatic heterocycles. The van der Waals surface area contributed by atoms with Crippen molar-refractivity contribution in [1.29, 1.82) is 0 Å². The van der Waals surface area contributed by atoms with Crippen LogP contribution in [0.3, 0.4) is 0 Å². The quantitative estimate of drug-likeness (QED) is 0.836. The van der Waals surface area contributed by atoms with Gasteiger partial charge in [0.1, 0.15) is 0 Å². The summed E-state index contributed by atoms with van der Waals surface area (Å²) in [4.78, 5) is 4.90. The Balaban J connectivity index is 1.60. The molecule has 0 aromatic rings. The molecular formula is C14H24N2OS. The Morgan fingerprint density at radius 1 is 1.39 bits per heavy atom. The highest BCUT2D eigenvalue weighted by atomic mass is 32.2. The molecule has 3 rings (SSSR count). The van der Waals surface area contributed by atoms with E-state index < -0.39 is 0 Å². The molecule has 2 heterocycles. The van der Waals surface area contributed by atoms with E-state index in [1.165, 1.54) is 49.4 Å². The third-order valence-electron chi connectivity index (χ3n) is 4.64. The molecule has 2 atom stereocenters. The van der Waals surface area contributed by atoms with Gasteiger partial charge in [-0.1, -0.05) is 31.0 Å². The molecule has 0 aromatic carbocycles. The van der Waals surface area contributed by atoms with Crippen LogP contribution in [0.1, 0.15) is 45.4 Å². The highest BCUT2D eigenvalue weighted by molar-refractivity contribution is 8.14. The van der Waals surface area contributed by atoms with Gasteiger partial charge in [-0.05, 0) is 26.2 Å². The first-order valence-corrected chi connectivity index (χ1v) is 8.33. The Bertz CT molecular complexity index is 320. The summed E-state index contributed by atoms with van der Waals surface area (Å²) in [6.07, 6.45) is 8.02. The summed E-state index contributed by atoms with van der Waals surface area (Å²) in [6.45, 7) is 4.05. The average molecular weight is 268 g/mol. The molecule has 0 aromatic heterocycles. The van der Waals surface area contributed by atoms with Crippen molar-refractivity contribution in [3.63, 3.8) is 0 Å². The standard InChI is InChI=1S/C14H24N2OS/c1-11(12-5-8-17-9-12)15-13-16-14(10-18-13)6-3-2-4-7-14/h11-12H,2-10H2,1H3,(H,15,16). The molecule has 0 radical (unpaired) electrons. The second kappa shape index (κ2) is 5.41. The molecule has 102 valence electrons. The minimum atomic E-state index is 0.383. The van der Waals surface area contributed by atoms with Crippen LogP contribution in [0.15, 0.2) is 4.99 Å². The lowest BCUT2D eigenvalue weighted by Gasteiger charge is -2.32. The second-order valence-electron chi connectivity index (χ2n) is 6.05. The molecule has 0 bridgehead atoms. The molecule has 2 unspecified atom stereocenters. The largest absolute Gasteiger partial charge is 0.381 e. The fourth-order valence-corrected chi connectivity index (χ4v) is 4.60. The van der Waals surface area contributed by atoms with Gasteiger partial charge in [0, 0.05) is 23.8 Å². The maximum atomic E-state index is 5.46. The van der Waals surface area contributed by atoms with Crippen LogP contribution >= 0.6 is 11.8 Å². The lowest BCUT2D eigenvalue weighted by Crippen LogP contribution is -2.45. The van der Waals surface area contributed by atoms with Crippen LogP contribution in [0.4, 0.5) is 0 Å². The van der Waals surface area contributed by atoms with E-state index in [4.69, 9.17) is 9.73 Å². The van der Waals surface area contributed by atoms with Crippen LogP contribution in [0, 0.1) is 5.92 Å². The number of ether oxygens (including phenoxy) is 1. The average Bonchev–Trinajstić information content (AvgIpc) is 3.01. The molecule has 1 aliphatic carbocycles. The van der Waals surface area contributed by atoms with Gasteiger partial charge in [0.15, 0.2) is 5.17 Å². The first kappa shape index (κ1) is 12.8. The third-order valence-corrected chi connectivity index (χ3v) is 5.81. The van der Waals surface area contributed by atoms with Gasteiger partial charge in [-0.15, -0.1) is 0 Å². The number of hydrogen-bond donors (Lipinski definition) is 1. The number of hydrogen-bond acceptors (Lipinski definition) is 3. The van der Waals surface area contributed by atoms with Crippen molar-refractivity contribution >= 4 is 16.9 Å². The van der Waals surface area contributed by atoms with Crippen molar-refractivity contribution in [3.8, 4) is 0 Å². The Morgan fingerprint density at radius 2 is 2.22 bits per heavy atom. The summed E-state index contributed by atoms with van der Waals surface area (Å²) in [6, 6.07) is 0.404. The van der Waals surface area contributed by atoms with E-state index in [9.17, 15) is 0 Å². The zero-order valence-electron chi connectivity index (χ0n) is 11.3. The topological polar surface area (TPSA) is 33.6 Å². The minimum absolute atomic E-state index is 0.383. The number of nitrogens with one attached hydrogen (secondary N) is 1. The van der Waals surface area contributed by atoms with Crippen LogP contribution in [0.25, 0.3) is 0 Å². The van der Waals surface area contributed by atoms with Gasteiger partial charge in [-0.2, -0.15) is 0 Å². The van der Waals surface area contributed by atoms with E-state index in [1.54, 1.807) is 0 Å². The van der Waals surface area contributed by atoms with Crippen LogP contribution in [-0.2, 0) is 4.74 Å². The van der Waals surface area contributed by atoms with Gasteiger partial charge in [0.2, 0.25) is 0 Å². The highest BCUT2D eigenvalue weighted by Crippen LogP contribution is 2.36. The zero-order valence-corrected chi connectivity index (χ0v) is 12.1. The molecule has 1 N–H and O–H groups in total. The summed E-state index contributed by atoms with van der Waals surface area (Å²) < 4.78 is 5.46. The molecule has 2 saturated heterocycles. The van der Waals surface area contributed by atoms with E-state index in [-0.39, 0.29) is 0 Å². The zero-order chi connectivity index (χ0) is 12.4. The molecule has 3 nitrogen and oxygen atoms in total. The van der Waals surface area contributed by atoms with Crippen molar-refractivity contribution in [2.75, 3.05) is 19.0 Å². The van der Waals surface area contributed by atoms with Crippen molar-refractivity contribution in [3.05, 3.63) is 0 Å². The minimum Gasteiger partial charge on any atom is -0.381 e. The Morgan fingerprint density at radius 3 is 2.94 bits per heavy atom. The maximum Gasteiger partial charge on any atom is 0.157 e. The van der Waals surface area contributed by atoms with E-state index in [0.717, 1.165) is 13.2 Å². The maximum absolute atomic E-state index is 5.46. The van der Waals surface area contributed by atoms with Crippen LogP contribution in [0.2, 0.25) is 0 Å². The lowest BCUT2D eigenvalue weighted by atomic mass is 9.83. The third kappa shape index (κ3) is 2.69. The monoisotopic (exact) mass is 268 g/mol. The number of nitrogens with zero attached hydrogens (tertiary/aromatic N) is 1. The number of aliphatic imine (C=N–C) groups is 1. The fraction of sp³-hybridized carbons (Fsp3) is 0.929. The van der Waals surface area contributed by atoms with Crippen molar-refractivity contribution in [2.24, 2.45) is 10.9 Å². The predicted molar refractivity (Wildman–Crippen MR) is 77.2 cm³/mol. The molecule has 1 spiro atoms. The second-order valence-corrected chi connectivity index (χ2v) is 7.02. The Kier molecular flexibility index (Phi) is 3.85. The molecule has 18 heavy (non-hydrogen) atoms. The molecule has 4 heteroatoms. The van der Waals surface area contributed by atoms with E-state index in [0.29, 0.717) is 17.5 Å². The molecule has 0 amide bonds. The van der Waals surface area contributed by atoms with E-state index >= 15 is 0 Å². The number of rotatable bonds is 2. The summed E-state index contributed by atoms with van der Waals surface area (Å²) in [5.74, 6) is 1.85. The van der Waals surface area contributed by atoms with Gasteiger partial charge >= 0.3 is 0 Å². The Labute approximate surface area is 114 Å². The highest BCUT2D eigenvalue weighted by Gasteiger charge is 2.38. The number of amidine groups is 1. The Hall–Kier alpha value is -0.220. The summed E-state index contributed by atoms with van der Waals surface area (Å²) >= 11 is 1.93. The van der Waals surface area contributed by atoms with Crippen LogP contribution in [-0.4, -0.2) is 35.7 Å². The van der Waals surface area contributed by atoms with Gasteiger partial charge in [-0.3, -0.25) is 4.99 Å². The molecule has 1 saturated carbocycles. The first-order valence-electron chi connectivity index (χ1n) is 7.34. The molecule has 3 aliphatic rings. The first-order chi connectivity index (χ1) is 8.77.